The quantitative estimate of drug-likeness (QED) is 0.872. The number of H-pyrrole nitrogens is 1. The van der Waals surface area contributed by atoms with Gasteiger partial charge in [-0.1, -0.05) is 23.8 Å². The number of aromatic nitrogens is 2. The molecule has 0 fully saturated rings. The van der Waals surface area contributed by atoms with E-state index in [-0.39, 0.29) is 0 Å². The maximum absolute atomic E-state index is 11.2. The van der Waals surface area contributed by atoms with Crippen molar-refractivity contribution in [2.45, 2.75) is 26.2 Å². The SMILES string of the molecule is Cc1cccc(-c2cnc(C(C)(C)C(=O)O)[nH]2)c1. The number of nitrogens with zero attached hydrogens (tertiary/aromatic N) is 1. The van der Waals surface area contributed by atoms with E-state index in [2.05, 4.69) is 9.97 Å². The Morgan fingerprint density at radius 3 is 2.72 bits per heavy atom. The predicted octanol–water partition coefficient (Wildman–Crippen LogP) is 2.75. The molecule has 0 saturated carbocycles. The van der Waals surface area contributed by atoms with Crippen LogP contribution >= 0.6 is 0 Å². The van der Waals surface area contributed by atoms with Crippen LogP contribution in [0.25, 0.3) is 11.3 Å². The van der Waals surface area contributed by atoms with E-state index in [1.807, 2.05) is 31.2 Å². The third-order valence-corrected chi connectivity index (χ3v) is 3.03. The van der Waals surface area contributed by atoms with Crippen molar-refractivity contribution in [2.75, 3.05) is 0 Å². The molecule has 2 N–H and O–H groups in total. The predicted molar refractivity (Wildman–Crippen MR) is 69.4 cm³/mol. The molecule has 0 amide bonds. The van der Waals surface area contributed by atoms with Crippen LogP contribution in [0, 0.1) is 6.92 Å². The Morgan fingerprint density at radius 1 is 1.39 bits per heavy atom. The lowest BCUT2D eigenvalue weighted by atomic mass is 9.93. The van der Waals surface area contributed by atoms with Crippen LogP contribution in [0.3, 0.4) is 0 Å². The zero-order valence-corrected chi connectivity index (χ0v) is 10.7. The summed E-state index contributed by atoms with van der Waals surface area (Å²) in [5.74, 6) is -0.431. The van der Waals surface area contributed by atoms with Crippen LogP contribution in [0.15, 0.2) is 30.5 Å². The fraction of sp³-hybridized carbons (Fsp3) is 0.286. The van der Waals surface area contributed by atoms with Crippen molar-refractivity contribution in [1.82, 2.24) is 9.97 Å². The average molecular weight is 244 g/mol. The maximum Gasteiger partial charge on any atom is 0.316 e. The summed E-state index contributed by atoms with van der Waals surface area (Å²) in [5, 5.41) is 9.16. The van der Waals surface area contributed by atoms with Gasteiger partial charge in [-0.2, -0.15) is 0 Å². The van der Waals surface area contributed by atoms with E-state index in [4.69, 9.17) is 5.11 Å². The second-order valence-electron chi connectivity index (χ2n) is 4.95. The fourth-order valence-electron chi connectivity index (χ4n) is 1.70. The highest BCUT2D eigenvalue weighted by atomic mass is 16.4. The van der Waals surface area contributed by atoms with Gasteiger partial charge in [-0.25, -0.2) is 4.98 Å². The molecule has 0 aliphatic heterocycles. The first-order valence-corrected chi connectivity index (χ1v) is 5.77. The normalized spacial score (nSPS) is 11.5. The number of hydrogen-bond acceptors (Lipinski definition) is 2. The summed E-state index contributed by atoms with van der Waals surface area (Å²) in [6, 6.07) is 7.98. The van der Waals surface area contributed by atoms with Gasteiger partial charge in [0.05, 0.1) is 11.9 Å². The summed E-state index contributed by atoms with van der Waals surface area (Å²) in [5.41, 5.74) is 1.99. The molecule has 2 aromatic rings. The van der Waals surface area contributed by atoms with Gasteiger partial charge in [0.25, 0.3) is 0 Å². The summed E-state index contributed by atoms with van der Waals surface area (Å²) in [7, 11) is 0. The zero-order chi connectivity index (χ0) is 13.3. The first kappa shape index (κ1) is 12.4. The lowest BCUT2D eigenvalue weighted by Gasteiger charge is -2.15. The Bertz CT molecular complexity index is 585. The second kappa shape index (κ2) is 4.29. The van der Waals surface area contributed by atoms with Crippen LogP contribution in [0.4, 0.5) is 0 Å². The summed E-state index contributed by atoms with van der Waals surface area (Å²) >= 11 is 0. The Labute approximate surface area is 106 Å². The molecule has 0 bridgehead atoms. The molecule has 2 rings (SSSR count). The first-order chi connectivity index (χ1) is 8.41. The number of aromatic amines is 1. The molecule has 4 heteroatoms. The summed E-state index contributed by atoms with van der Waals surface area (Å²) in [6.07, 6.45) is 1.68. The van der Waals surface area contributed by atoms with Gasteiger partial charge in [-0.15, -0.1) is 0 Å². The van der Waals surface area contributed by atoms with Gasteiger partial charge < -0.3 is 10.1 Å². The number of rotatable bonds is 3. The third-order valence-electron chi connectivity index (χ3n) is 3.03. The Morgan fingerprint density at radius 2 is 2.11 bits per heavy atom. The summed E-state index contributed by atoms with van der Waals surface area (Å²) in [4.78, 5) is 18.4. The monoisotopic (exact) mass is 244 g/mol. The van der Waals surface area contributed by atoms with Gasteiger partial charge in [0, 0.05) is 0 Å². The largest absolute Gasteiger partial charge is 0.481 e. The highest BCUT2D eigenvalue weighted by Crippen LogP contribution is 2.24. The molecular weight excluding hydrogens is 228 g/mol. The van der Waals surface area contributed by atoms with Crippen molar-refractivity contribution in [3.05, 3.63) is 41.9 Å². The first-order valence-electron chi connectivity index (χ1n) is 5.77. The number of aliphatic carboxylic acids is 1. The Kier molecular flexibility index (Phi) is 2.95. The molecule has 0 saturated heterocycles. The van der Waals surface area contributed by atoms with Crippen LogP contribution in [0.1, 0.15) is 25.2 Å². The molecule has 94 valence electrons. The molecule has 1 aromatic heterocycles. The highest BCUT2D eigenvalue weighted by molar-refractivity contribution is 5.79. The van der Waals surface area contributed by atoms with Crippen molar-refractivity contribution >= 4 is 5.97 Å². The standard InChI is InChI=1S/C14H16N2O2/c1-9-5-4-6-10(7-9)11-8-15-12(16-11)14(2,3)13(17)18/h4-8H,1-3H3,(H,15,16)(H,17,18). The molecule has 0 spiro atoms. The topological polar surface area (TPSA) is 66.0 Å². The Hall–Kier alpha value is -2.10. The molecule has 18 heavy (non-hydrogen) atoms. The van der Waals surface area contributed by atoms with Crippen molar-refractivity contribution in [3.8, 4) is 11.3 Å². The van der Waals surface area contributed by atoms with E-state index in [1.165, 1.54) is 0 Å². The highest BCUT2D eigenvalue weighted by Gasteiger charge is 2.32. The van der Waals surface area contributed by atoms with Gasteiger partial charge in [0.2, 0.25) is 0 Å². The summed E-state index contributed by atoms with van der Waals surface area (Å²) in [6.45, 7) is 5.28. The van der Waals surface area contributed by atoms with Crippen molar-refractivity contribution < 1.29 is 9.90 Å². The lowest BCUT2D eigenvalue weighted by molar-refractivity contribution is -0.142. The number of aryl methyl sites for hydroxylation is 1. The minimum absolute atomic E-state index is 0.464. The molecule has 1 heterocycles. The third kappa shape index (κ3) is 2.14. The summed E-state index contributed by atoms with van der Waals surface area (Å²) < 4.78 is 0. The number of nitrogens with one attached hydrogen (secondary N) is 1. The minimum atomic E-state index is -1.01. The van der Waals surface area contributed by atoms with E-state index in [1.54, 1.807) is 20.0 Å². The molecule has 0 atom stereocenters. The molecule has 4 nitrogen and oxygen atoms in total. The van der Waals surface area contributed by atoms with Crippen LogP contribution in [0.2, 0.25) is 0 Å². The van der Waals surface area contributed by atoms with E-state index >= 15 is 0 Å². The van der Waals surface area contributed by atoms with Crippen LogP contribution < -0.4 is 0 Å². The zero-order valence-electron chi connectivity index (χ0n) is 10.7. The minimum Gasteiger partial charge on any atom is -0.481 e. The lowest BCUT2D eigenvalue weighted by Crippen LogP contribution is -2.29. The van der Waals surface area contributed by atoms with E-state index in [0.717, 1.165) is 16.8 Å². The molecular formula is C14H16N2O2. The van der Waals surface area contributed by atoms with Gasteiger partial charge in [0.1, 0.15) is 11.2 Å². The maximum atomic E-state index is 11.2. The second-order valence-corrected chi connectivity index (χ2v) is 4.95. The molecule has 0 aliphatic carbocycles. The van der Waals surface area contributed by atoms with Gasteiger partial charge >= 0.3 is 5.97 Å². The number of carbonyl (C=O) groups is 1. The molecule has 0 unspecified atom stereocenters. The molecule has 0 radical (unpaired) electrons. The van der Waals surface area contributed by atoms with E-state index < -0.39 is 11.4 Å². The number of imidazole rings is 1. The number of hydrogen-bond donors (Lipinski definition) is 2. The number of carboxylic acid groups (broad SMARTS) is 1. The van der Waals surface area contributed by atoms with Crippen molar-refractivity contribution in [2.24, 2.45) is 0 Å². The van der Waals surface area contributed by atoms with Crippen LogP contribution in [-0.4, -0.2) is 21.0 Å². The molecule has 0 aliphatic rings. The van der Waals surface area contributed by atoms with Crippen molar-refractivity contribution in [1.29, 1.82) is 0 Å². The van der Waals surface area contributed by atoms with E-state index in [0.29, 0.717) is 5.82 Å². The number of carboxylic acids is 1. The fourth-order valence-corrected chi connectivity index (χ4v) is 1.70. The van der Waals surface area contributed by atoms with Crippen LogP contribution in [-0.2, 0) is 10.2 Å². The van der Waals surface area contributed by atoms with Gasteiger partial charge in [-0.05, 0) is 32.4 Å². The van der Waals surface area contributed by atoms with Gasteiger partial charge in [0.15, 0.2) is 0 Å². The smallest absolute Gasteiger partial charge is 0.316 e. The van der Waals surface area contributed by atoms with E-state index in [9.17, 15) is 4.79 Å². The number of benzene rings is 1. The van der Waals surface area contributed by atoms with Crippen LogP contribution in [0.5, 0.6) is 0 Å². The van der Waals surface area contributed by atoms with Gasteiger partial charge in [-0.3, -0.25) is 4.79 Å². The molecule has 1 aromatic carbocycles. The average Bonchev–Trinajstić information content (AvgIpc) is 2.78. The van der Waals surface area contributed by atoms with Crippen molar-refractivity contribution in [3.63, 3.8) is 0 Å². The Balaban J connectivity index is 2.40.